The molecule has 1 aliphatic carbocycles. The summed E-state index contributed by atoms with van der Waals surface area (Å²) >= 11 is 0. The third-order valence-corrected chi connectivity index (χ3v) is 14.7. The van der Waals surface area contributed by atoms with Gasteiger partial charge in [-0.05, 0) is 73.1 Å². The van der Waals surface area contributed by atoms with Gasteiger partial charge in [0.25, 0.3) is 0 Å². The fraction of sp³-hybridized carbons (Fsp3) is 0.0923. The maximum absolute atomic E-state index is 5.34. The summed E-state index contributed by atoms with van der Waals surface area (Å²) in [5.41, 5.74) is 10.4. The van der Waals surface area contributed by atoms with Crippen molar-refractivity contribution in [2.75, 3.05) is 0 Å². The van der Waals surface area contributed by atoms with Crippen LogP contribution in [-0.2, 0) is 5.41 Å². The Morgan fingerprint density at radius 2 is 0.600 bits per heavy atom. The molecule has 70 heavy (non-hydrogen) atoms. The van der Waals surface area contributed by atoms with Crippen molar-refractivity contribution in [1.29, 1.82) is 0 Å². The number of rotatable bonds is 8. The highest BCUT2D eigenvalue weighted by Crippen LogP contribution is 2.46. The van der Waals surface area contributed by atoms with Crippen LogP contribution in [0.2, 0.25) is 0 Å². The van der Waals surface area contributed by atoms with Crippen molar-refractivity contribution in [3.8, 4) is 68.1 Å². The van der Waals surface area contributed by atoms with Gasteiger partial charge in [-0.2, -0.15) is 0 Å². The molecule has 2 aromatic heterocycles. The SMILES string of the molecule is c1ccc2c(-c3cc(-c4cccc5ccccc45)nc(-c4ccc(C5(c6ccc(-c7nc(-c8cccc9ccccc89)nc(-c8cccc9ccccc89)n7)cc6)CCCCC5)cc4)n3)cccc2c1. The second-order valence-electron chi connectivity index (χ2n) is 18.7. The van der Waals surface area contributed by atoms with E-state index in [1.54, 1.807) is 0 Å². The summed E-state index contributed by atoms with van der Waals surface area (Å²) in [6.45, 7) is 0. The van der Waals surface area contributed by atoms with Gasteiger partial charge in [-0.3, -0.25) is 0 Å². The fourth-order valence-electron chi connectivity index (χ4n) is 11.1. The third kappa shape index (κ3) is 7.39. The van der Waals surface area contributed by atoms with E-state index in [2.05, 4.69) is 224 Å². The molecule has 1 fully saturated rings. The van der Waals surface area contributed by atoms with Gasteiger partial charge in [-0.1, -0.05) is 238 Å². The lowest BCUT2D eigenvalue weighted by Crippen LogP contribution is -2.30. The molecule has 12 aromatic rings. The number of benzene rings is 10. The van der Waals surface area contributed by atoms with Crippen LogP contribution in [0.25, 0.3) is 111 Å². The third-order valence-electron chi connectivity index (χ3n) is 14.7. The molecule has 0 spiro atoms. The Hall–Kier alpha value is -8.67. The normalized spacial score (nSPS) is 13.5. The van der Waals surface area contributed by atoms with Crippen LogP contribution in [0.4, 0.5) is 0 Å². The summed E-state index contributed by atoms with van der Waals surface area (Å²) in [6.07, 6.45) is 5.73. The quantitative estimate of drug-likeness (QED) is 0.152. The van der Waals surface area contributed by atoms with E-state index in [4.69, 9.17) is 24.9 Å². The molecule has 2 heterocycles. The first-order chi connectivity index (χ1) is 34.6. The van der Waals surface area contributed by atoms with Crippen molar-refractivity contribution in [3.63, 3.8) is 0 Å². The van der Waals surface area contributed by atoms with Gasteiger partial charge in [0.2, 0.25) is 0 Å². The Labute approximate surface area is 407 Å². The number of hydrogen-bond donors (Lipinski definition) is 0. The second kappa shape index (κ2) is 17.4. The number of fused-ring (bicyclic) bond motifs is 4. The molecule has 0 atom stereocenters. The van der Waals surface area contributed by atoms with Gasteiger partial charge < -0.3 is 0 Å². The monoisotopic (exact) mass is 897 g/mol. The molecule has 1 saturated carbocycles. The van der Waals surface area contributed by atoms with Crippen LogP contribution in [0.3, 0.4) is 0 Å². The minimum Gasteiger partial charge on any atom is -0.228 e. The van der Waals surface area contributed by atoms with Gasteiger partial charge in [0, 0.05) is 38.8 Å². The standard InChI is InChI=1S/C65H47N5/c1-10-40-65(41-11-1,49-36-32-47(33-37-49)61-66-59(55-28-12-20-43-16-2-6-24-51(43)55)42-60(67-61)56-29-13-21-44-17-3-7-25-52(44)56)50-38-34-48(35-39-50)62-68-63(57-30-14-22-45-18-4-8-26-53(45)57)70-64(69-62)58-31-15-23-46-19-5-9-27-54(46)58/h2-9,12-39,42H,1,10-11,40-41H2. The highest BCUT2D eigenvalue weighted by Gasteiger charge is 2.36. The molecule has 5 nitrogen and oxygen atoms in total. The van der Waals surface area contributed by atoms with E-state index in [0.717, 1.165) is 79.2 Å². The molecular weight excluding hydrogens is 851 g/mol. The first-order valence-corrected chi connectivity index (χ1v) is 24.4. The molecule has 0 amide bonds. The molecular formula is C65H47N5. The lowest BCUT2D eigenvalue weighted by atomic mass is 9.65. The molecule has 13 rings (SSSR count). The fourth-order valence-corrected chi connectivity index (χ4v) is 11.1. The molecule has 0 saturated heterocycles. The first kappa shape index (κ1) is 41.5. The van der Waals surface area contributed by atoms with Crippen LogP contribution < -0.4 is 0 Å². The molecule has 0 N–H and O–H groups in total. The topological polar surface area (TPSA) is 64.5 Å². The summed E-state index contributed by atoms with van der Waals surface area (Å²) < 4.78 is 0. The van der Waals surface area contributed by atoms with E-state index in [1.165, 1.54) is 51.9 Å². The predicted molar refractivity (Wildman–Crippen MR) is 288 cm³/mol. The minimum absolute atomic E-state index is 0.142. The van der Waals surface area contributed by atoms with Gasteiger partial charge in [0.15, 0.2) is 23.3 Å². The van der Waals surface area contributed by atoms with E-state index in [1.807, 2.05) is 0 Å². The Morgan fingerprint density at radius 3 is 1.01 bits per heavy atom. The largest absolute Gasteiger partial charge is 0.228 e. The Bertz CT molecular complexity index is 3460. The maximum Gasteiger partial charge on any atom is 0.164 e. The summed E-state index contributed by atoms with van der Waals surface area (Å²) in [5.74, 6) is 2.69. The molecule has 10 aromatic carbocycles. The summed E-state index contributed by atoms with van der Waals surface area (Å²) in [6, 6.07) is 80.0. The van der Waals surface area contributed by atoms with Gasteiger partial charge in [0.05, 0.1) is 11.4 Å². The Morgan fingerprint density at radius 1 is 0.271 bits per heavy atom. The van der Waals surface area contributed by atoms with Crippen LogP contribution in [0.15, 0.2) is 224 Å². The molecule has 332 valence electrons. The van der Waals surface area contributed by atoms with Gasteiger partial charge >= 0.3 is 0 Å². The number of hydrogen-bond acceptors (Lipinski definition) is 5. The van der Waals surface area contributed by atoms with Crippen LogP contribution in [0, 0.1) is 0 Å². The average molecular weight is 898 g/mol. The van der Waals surface area contributed by atoms with Gasteiger partial charge in [0.1, 0.15) is 0 Å². The molecule has 0 aliphatic heterocycles. The molecule has 0 bridgehead atoms. The second-order valence-corrected chi connectivity index (χ2v) is 18.7. The van der Waals surface area contributed by atoms with Crippen molar-refractivity contribution in [3.05, 3.63) is 236 Å². The predicted octanol–water partition coefficient (Wildman–Crippen LogP) is 16.5. The van der Waals surface area contributed by atoms with Crippen LogP contribution in [0.5, 0.6) is 0 Å². The molecule has 0 unspecified atom stereocenters. The maximum atomic E-state index is 5.34. The molecule has 1 aliphatic rings. The summed E-state index contributed by atoms with van der Waals surface area (Å²) in [7, 11) is 0. The number of nitrogens with zero attached hydrogens (tertiary/aromatic N) is 5. The minimum atomic E-state index is -0.142. The van der Waals surface area contributed by atoms with Gasteiger partial charge in [-0.25, -0.2) is 24.9 Å². The molecule has 0 radical (unpaired) electrons. The molecule has 5 heteroatoms. The van der Waals surface area contributed by atoms with Crippen molar-refractivity contribution < 1.29 is 0 Å². The summed E-state index contributed by atoms with van der Waals surface area (Å²) in [5, 5.41) is 9.24. The van der Waals surface area contributed by atoms with E-state index >= 15 is 0 Å². The van der Waals surface area contributed by atoms with Crippen LogP contribution in [-0.4, -0.2) is 24.9 Å². The van der Waals surface area contributed by atoms with Crippen LogP contribution in [0.1, 0.15) is 43.2 Å². The highest BCUT2D eigenvalue weighted by atomic mass is 15.0. The van der Waals surface area contributed by atoms with Crippen molar-refractivity contribution in [2.45, 2.75) is 37.5 Å². The Kier molecular flexibility index (Phi) is 10.3. The summed E-state index contributed by atoms with van der Waals surface area (Å²) in [4.78, 5) is 26.3. The average Bonchev–Trinajstić information content (AvgIpc) is 3.44. The van der Waals surface area contributed by atoms with E-state index in [9.17, 15) is 0 Å². The van der Waals surface area contributed by atoms with Crippen molar-refractivity contribution in [1.82, 2.24) is 24.9 Å². The smallest absolute Gasteiger partial charge is 0.164 e. The van der Waals surface area contributed by atoms with E-state index < -0.39 is 0 Å². The lowest BCUT2D eigenvalue weighted by Gasteiger charge is -2.39. The van der Waals surface area contributed by atoms with E-state index in [0.29, 0.717) is 23.3 Å². The van der Waals surface area contributed by atoms with Crippen molar-refractivity contribution >= 4 is 43.1 Å². The zero-order valence-corrected chi connectivity index (χ0v) is 38.6. The zero-order chi connectivity index (χ0) is 46.4. The van der Waals surface area contributed by atoms with Gasteiger partial charge in [-0.15, -0.1) is 0 Å². The van der Waals surface area contributed by atoms with Crippen molar-refractivity contribution in [2.24, 2.45) is 0 Å². The lowest BCUT2D eigenvalue weighted by molar-refractivity contribution is 0.346. The Balaban J connectivity index is 0.896. The number of aromatic nitrogens is 5. The first-order valence-electron chi connectivity index (χ1n) is 24.4. The zero-order valence-electron chi connectivity index (χ0n) is 38.6. The van der Waals surface area contributed by atoms with Crippen LogP contribution >= 0.6 is 0 Å². The highest BCUT2D eigenvalue weighted by molar-refractivity contribution is 6.00. The van der Waals surface area contributed by atoms with E-state index in [-0.39, 0.29) is 5.41 Å².